The normalized spacial score (nSPS) is 54.8. The van der Waals surface area contributed by atoms with Gasteiger partial charge >= 0.3 is 0 Å². The number of methoxy groups -OCH3 is 1. The fraction of sp³-hybridized carbons (Fsp3) is 1.00. The van der Waals surface area contributed by atoms with Gasteiger partial charge < -0.3 is 54.7 Å². The molecule has 4 rings (SSSR count). The van der Waals surface area contributed by atoms with Crippen molar-refractivity contribution < 1.29 is 54.7 Å². The number of ether oxygens (including phenoxy) is 4. The van der Waals surface area contributed by atoms with E-state index < -0.39 is 73.4 Å². The number of aliphatic hydroxyl groups is 7. The molecule has 2 saturated heterocycles. The van der Waals surface area contributed by atoms with Gasteiger partial charge in [0, 0.05) is 13.0 Å². The zero-order valence-corrected chi connectivity index (χ0v) is 18.1. The number of fused-ring (bicyclic) bond motifs is 1. The van der Waals surface area contributed by atoms with Crippen LogP contribution in [0, 0.1) is 11.8 Å². The molecule has 2 heterocycles. The third-order valence-electron chi connectivity index (χ3n) is 7.58. The van der Waals surface area contributed by atoms with Gasteiger partial charge in [-0.1, -0.05) is 0 Å². The van der Waals surface area contributed by atoms with Crippen LogP contribution in [0.15, 0.2) is 0 Å². The Morgan fingerprint density at radius 2 is 1.47 bits per heavy atom. The van der Waals surface area contributed by atoms with Crippen molar-refractivity contribution in [3.8, 4) is 0 Å². The van der Waals surface area contributed by atoms with Crippen LogP contribution in [0.2, 0.25) is 0 Å². The molecule has 4 aliphatic rings. The standard InChI is InChI=1S/C21H36O11/c1-29-15-3-8(2-12(24)17(15)26)20-16(32-21-19(28)18(27)13(25)7-30-21)6-10-11(23)4-9(22)5-14(10)31-20/h8-28H,2-7H2,1H3/t8?,9?,10?,11?,12?,13-,14?,15?,16?,17?,18-,19+,20?,21+/m1/s1. The first-order chi connectivity index (χ1) is 15.2. The Morgan fingerprint density at radius 3 is 2.19 bits per heavy atom. The maximum atomic E-state index is 10.5. The van der Waals surface area contributed by atoms with Gasteiger partial charge in [0.25, 0.3) is 0 Å². The molecule has 14 atom stereocenters. The molecule has 32 heavy (non-hydrogen) atoms. The van der Waals surface area contributed by atoms with Crippen molar-refractivity contribution in [3.63, 3.8) is 0 Å². The van der Waals surface area contributed by atoms with Crippen molar-refractivity contribution in [1.29, 1.82) is 0 Å². The summed E-state index contributed by atoms with van der Waals surface area (Å²) >= 11 is 0. The molecule has 4 fully saturated rings. The second-order valence-corrected chi connectivity index (χ2v) is 9.72. The summed E-state index contributed by atoms with van der Waals surface area (Å²) in [5, 5.41) is 71.3. The van der Waals surface area contributed by atoms with E-state index in [4.69, 9.17) is 18.9 Å². The molecule has 0 spiro atoms. The Morgan fingerprint density at radius 1 is 0.719 bits per heavy atom. The minimum atomic E-state index is -1.47. The molecule has 0 amide bonds. The monoisotopic (exact) mass is 464 g/mol. The number of rotatable bonds is 4. The molecule has 0 aromatic carbocycles. The zero-order valence-electron chi connectivity index (χ0n) is 18.1. The van der Waals surface area contributed by atoms with Gasteiger partial charge in [-0.2, -0.15) is 0 Å². The summed E-state index contributed by atoms with van der Waals surface area (Å²) in [4.78, 5) is 0. The van der Waals surface area contributed by atoms with Crippen LogP contribution < -0.4 is 0 Å². The predicted molar refractivity (Wildman–Crippen MR) is 106 cm³/mol. The average Bonchev–Trinajstić information content (AvgIpc) is 2.75. The summed E-state index contributed by atoms with van der Waals surface area (Å²) in [5.41, 5.74) is 0. The molecule has 186 valence electrons. The van der Waals surface area contributed by atoms with Crippen LogP contribution in [0.25, 0.3) is 0 Å². The Hall–Kier alpha value is -0.440. The lowest BCUT2D eigenvalue weighted by atomic mass is 9.72. The molecule has 0 bridgehead atoms. The first-order valence-electron chi connectivity index (χ1n) is 11.4. The van der Waals surface area contributed by atoms with E-state index in [1.54, 1.807) is 0 Å². The molecule has 10 unspecified atom stereocenters. The van der Waals surface area contributed by atoms with E-state index in [0.29, 0.717) is 19.3 Å². The smallest absolute Gasteiger partial charge is 0.186 e. The maximum Gasteiger partial charge on any atom is 0.186 e. The molecule has 0 aromatic rings. The third-order valence-corrected chi connectivity index (χ3v) is 7.58. The fourth-order valence-electron chi connectivity index (χ4n) is 5.75. The highest BCUT2D eigenvalue weighted by atomic mass is 16.7. The van der Waals surface area contributed by atoms with Crippen LogP contribution in [0.1, 0.15) is 32.1 Å². The van der Waals surface area contributed by atoms with Crippen molar-refractivity contribution >= 4 is 0 Å². The third kappa shape index (κ3) is 4.84. The van der Waals surface area contributed by atoms with Crippen LogP contribution in [-0.4, -0.2) is 123 Å². The minimum absolute atomic E-state index is 0.206. The molecule has 0 aromatic heterocycles. The second kappa shape index (κ2) is 10.0. The quantitative estimate of drug-likeness (QED) is 0.229. The summed E-state index contributed by atoms with van der Waals surface area (Å²) in [7, 11) is 1.46. The highest BCUT2D eigenvalue weighted by Gasteiger charge is 2.51. The van der Waals surface area contributed by atoms with Crippen molar-refractivity contribution in [2.45, 2.75) is 106 Å². The van der Waals surface area contributed by atoms with Crippen molar-refractivity contribution in [3.05, 3.63) is 0 Å². The van der Waals surface area contributed by atoms with Crippen molar-refractivity contribution in [2.24, 2.45) is 11.8 Å². The van der Waals surface area contributed by atoms with E-state index in [1.807, 2.05) is 0 Å². The van der Waals surface area contributed by atoms with Crippen molar-refractivity contribution in [1.82, 2.24) is 0 Å². The molecule has 2 aliphatic carbocycles. The first-order valence-corrected chi connectivity index (χ1v) is 11.4. The van der Waals surface area contributed by atoms with E-state index in [9.17, 15) is 35.7 Å². The first kappa shape index (κ1) is 24.7. The van der Waals surface area contributed by atoms with Crippen LogP contribution in [0.4, 0.5) is 0 Å². The van der Waals surface area contributed by atoms with Gasteiger partial charge in [-0.15, -0.1) is 0 Å². The minimum Gasteiger partial charge on any atom is -0.393 e. The number of aliphatic hydroxyl groups excluding tert-OH is 7. The van der Waals surface area contributed by atoms with Gasteiger partial charge in [-0.25, -0.2) is 0 Å². The summed E-state index contributed by atoms with van der Waals surface area (Å²) in [6.07, 6.45) is -9.50. The van der Waals surface area contributed by atoms with E-state index >= 15 is 0 Å². The number of hydrogen-bond acceptors (Lipinski definition) is 11. The lowest BCUT2D eigenvalue weighted by Gasteiger charge is -2.51. The van der Waals surface area contributed by atoms with E-state index in [1.165, 1.54) is 7.11 Å². The molecule has 0 radical (unpaired) electrons. The zero-order chi connectivity index (χ0) is 23.2. The molecule has 11 nitrogen and oxygen atoms in total. The van der Waals surface area contributed by atoms with Gasteiger partial charge in [0.1, 0.15) is 24.4 Å². The van der Waals surface area contributed by atoms with Crippen LogP contribution in [-0.2, 0) is 18.9 Å². The molecule has 2 aliphatic heterocycles. The highest BCUT2D eigenvalue weighted by Crippen LogP contribution is 2.43. The van der Waals surface area contributed by atoms with Crippen LogP contribution in [0.5, 0.6) is 0 Å². The van der Waals surface area contributed by atoms with Gasteiger partial charge in [0.05, 0.1) is 49.3 Å². The van der Waals surface area contributed by atoms with Gasteiger partial charge in [0.2, 0.25) is 0 Å². The maximum absolute atomic E-state index is 10.5. The van der Waals surface area contributed by atoms with E-state index in [2.05, 4.69) is 0 Å². The fourth-order valence-corrected chi connectivity index (χ4v) is 5.75. The number of hydrogen-bond donors (Lipinski definition) is 7. The lowest BCUT2D eigenvalue weighted by Crippen LogP contribution is -2.60. The summed E-state index contributed by atoms with van der Waals surface area (Å²) in [6.45, 7) is -0.206. The summed E-state index contributed by atoms with van der Waals surface area (Å²) in [6, 6.07) is 0. The molecular weight excluding hydrogens is 428 g/mol. The van der Waals surface area contributed by atoms with Crippen molar-refractivity contribution in [2.75, 3.05) is 13.7 Å². The largest absolute Gasteiger partial charge is 0.393 e. The molecule has 2 saturated carbocycles. The Bertz CT molecular complexity index is 623. The van der Waals surface area contributed by atoms with Gasteiger partial charge in [0.15, 0.2) is 6.29 Å². The molecular formula is C21H36O11. The van der Waals surface area contributed by atoms with E-state index in [0.717, 1.165) is 0 Å². The molecule has 7 N–H and O–H groups in total. The van der Waals surface area contributed by atoms with Crippen LogP contribution >= 0.6 is 0 Å². The average molecular weight is 465 g/mol. The highest BCUT2D eigenvalue weighted by molar-refractivity contribution is 5.00. The van der Waals surface area contributed by atoms with Gasteiger partial charge in [-0.05, 0) is 38.0 Å². The Balaban J connectivity index is 1.55. The van der Waals surface area contributed by atoms with E-state index in [-0.39, 0.29) is 31.3 Å². The summed E-state index contributed by atoms with van der Waals surface area (Å²) in [5.74, 6) is -0.565. The van der Waals surface area contributed by atoms with Crippen LogP contribution in [0.3, 0.4) is 0 Å². The summed E-state index contributed by atoms with van der Waals surface area (Å²) < 4.78 is 23.2. The topological polar surface area (TPSA) is 179 Å². The van der Waals surface area contributed by atoms with Gasteiger partial charge in [-0.3, -0.25) is 0 Å². The Kier molecular flexibility index (Phi) is 7.75. The molecule has 11 heteroatoms. The second-order valence-electron chi connectivity index (χ2n) is 9.72. The SMILES string of the molecule is COC1CC(C2OC3CC(O)CC(O)C3CC2O[C@@H]2OC[C@@H](O)[C@@H](O)[C@@H]2O)CC(O)C1O. The predicted octanol–water partition coefficient (Wildman–Crippen LogP) is -2.75. The Labute approximate surface area is 186 Å². The lowest BCUT2D eigenvalue weighted by molar-refractivity contribution is -0.314.